The summed E-state index contributed by atoms with van der Waals surface area (Å²) in [5, 5.41) is 3.07. The predicted octanol–water partition coefficient (Wildman–Crippen LogP) is 4.40. The zero-order valence-electron chi connectivity index (χ0n) is 18.6. The molecule has 2 heterocycles. The monoisotopic (exact) mass is 422 g/mol. The van der Waals surface area contributed by atoms with Crippen molar-refractivity contribution in [2.24, 2.45) is 4.99 Å². The summed E-state index contributed by atoms with van der Waals surface area (Å²) in [6.45, 7) is 8.82. The van der Waals surface area contributed by atoms with Crippen LogP contribution in [-0.2, 0) is 0 Å². The molecule has 0 aromatic heterocycles. The number of urea groups is 1. The SMILES string of the molecule is COc1ccc2c(c1)C(N1CCCN(C(=O)NC(C)(C)C)CC1)=Nc1ccccc1O2. The van der Waals surface area contributed by atoms with Gasteiger partial charge < -0.3 is 24.6 Å². The van der Waals surface area contributed by atoms with Crippen molar-refractivity contribution < 1.29 is 14.3 Å². The van der Waals surface area contributed by atoms with Crippen LogP contribution in [0.3, 0.4) is 0 Å². The summed E-state index contributed by atoms with van der Waals surface area (Å²) >= 11 is 0. The molecule has 2 aromatic carbocycles. The third kappa shape index (κ3) is 4.76. The standard InChI is InChI=1S/C24H30N4O3/c1-24(2,3)26-23(29)28-13-7-12-27(14-15-28)22-18-16-17(30-4)10-11-20(18)31-21-9-6-5-8-19(21)25-22/h5-6,8-11,16H,7,12-15H2,1-4H3,(H,26,29). The molecule has 2 aliphatic heterocycles. The summed E-state index contributed by atoms with van der Waals surface area (Å²) in [6, 6.07) is 13.6. The molecule has 1 fully saturated rings. The average molecular weight is 423 g/mol. The lowest BCUT2D eigenvalue weighted by Crippen LogP contribution is -2.49. The third-order valence-electron chi connectivity index (χ3n) is 5.30. The lowest BCUT2D eigenvalue weighted by Gasteiger charge is -2.28. The molecule has 2 aromatic rings. The summed E-state index contributed by atoms with van der Waals surface area (Å²) in [4.78, 5) is 21.8. The molecule has 0 atom stereocenters. The second kappa shape index (κ2) is 8.49. The van der Waals surface area contributed by atoms with Gasteiger partial charge in [-0.1, -0.05) is 12.1 Å². The smallest absolute Gasteiger partial charge is 0.317 e. The minimum atomic E-state index is -0.259. The molecule has 0 unspecified atom stereocenters. The molecule has 1 saturated heterocycles. The fraction of sp³-hybridized carbons (Fsp3) is 0.417. The lowest BCUT2D eigenvalue weighted by molar-refractivity contribution is 0.191. The molecular formula is C24H30N4O3. The number of aliphatic imine (C=N–C) groups is 1. The van der Waals surface area contributed by atoms with Crippen LogP contribution < -0.4 is 14.8 Å². The van der Waals surface area contributed by atoms with E-state index in [0.29, 0.717) is 19.6 Å². The van der Waals surface area contributed by atoms with Crippen molar-refractivity contribution in [3.8, 4) is 17.2 Å². The Labute approximate surface area is 183 Å². The number of amidine groups is 1. The van der Waals surface area contributed by atoms with Crippen LogP contribution in [0.2, 0.25) is 0 Å². The number of nitrogens with zero attached hydrogens (tertiary/aromatic N) is 3. The first-order valence-corrected chi connectivity index (χ1v) is 10.7. The van der Waals surface area contributed by atoms with Crippen molar-refractivity contribution in [3.05, 3.63) is 48.0 Å². The highest BCUT2D eigenvalue weighted by atomic mass is 16.5. The van der Waals surface area contributed by atoms with E-state index in [2.05, 4.69) is 10.2 Å². The number of hydrogen-bond acceptors (Lipinski definition) is 5. The first kappa shape index (κ1) is 21.0. The Morgan fingerprint density at radius 3 is 2.65 bits per heavy atom. The summed E-state index contributed by atoms with van der Waals surface area (Å²) in [6.07, 6.45) is 0.860. The van der Waals surface area contributed by atoms with Crippen molar-refractivity contribution >= 4 is 17.6 Å². The van der Waals surface area contributed by atoms with Crippen LogP contribution in [0.1, 0.15) is 32.8 Å². The van der Waals surface area contributed by atoms with Crippen molar-refractivity contribution in [1.82, 2.24) is 15.1 Å². The van der Waals surface area contributed by atoms with Gasteiger partial charge in [0.15, 0.2) is 5.75 Å². The second-order valence-corrected chi connectivity index (χ2v) is 8.88. The molecule has 0 aliphatic carbocycles. The highest BCUT2D eigenvalue weighted by molar-refractivity contribution is 6.04. The van der Waals surface area contributed by atoms with Crippen molar-refractivity contribution in [2.75, 3.05) is 33.3 Å². The second-order valence-electron chi connectivity index (χ2n) is 8.88. The fourth-order valence-corrected chi connectivity index (χ4v) is 3.80. The maximum atomic E-state index is 12.7. The van der Waals surface area contributed by atoms with E-state index in [4.69, 9.17) is 14.5 Å². The number of hydrogen-bond donors (Lipinski definition) is 1. The van der Waals surface area contributed by atoms with Gasteiger partial charge in [-0.3, -0.25) is 0 Å². The van der Waals surface area contributed by atoms with Crippen molar-refractivity contribution in [1.29, 1.82) is 0 Å². The Morgan fingerprint density at radius 1 is 1.06 bits per heavy atom. The van der Waals surface area contributed by atoms with Gasteiger partial charge in [0, 0.05) is 31.7 Å². The Kier molecular flexibility index (Phi) is 5.76. The largest absolute Gasteiger partial charge is 0.497 e. The first-order chi connectivity index (χ1) is 14.8. The maximum Gasteiger partial charge on any atom is 0.317 e. The molecule has 31 heavy (non-hydrogen) atoms. The van der Waals surface area contributed by atoms with Gasteiger partial charge in [-0.05, 0) is 57.5 Å². The van der Waals surface area contributed by atoms with Gasteiger partial charge in [0.2, 0.25) is 0 Å². The van der Waals surface area contributed by atoms with Gasteiger partial charge in [-0.25, -0.2) is 9.79 Å². The van der Waals surface area contributed by atoms with Gasteiger partial charge in [-0.15, -0.1) is 0 Å². The number of nitrogens with one attached hydrogen (secondary N) is 1. The molecule has 0 radical (unpaired) electrons. The molecule has 7 heteroatoms. The van der Waals surface area contributed by atoms with Crippen LogP contribution in [0.5, 0.6) is 17.2 Å². The van der Waals surface area contributed by atoms with Gasteiger partial charge in [0.1, 0.15) is 23.0 Å². The van der Waals surface area contributed by atoms with E-state index in [1.165, 1.54) is 0 Å². The van der Waals surface area contributed by atoms with E-state index < -0.39 is 0 Å². The van der Waals surface area contributed by atoms with Crippen LogP contribution in [0, 0.1) is 0 Å². The molecular weight excluding hydrogens is 392 g/mol. The number of para-hydroxylation sites is 2. The van der Waals surface area contributed by atoms with E-state index in [9.17, 15) is 4.79 Å². The van der Waals surface area contributed by atoms with Gasteiger partial charge in [0.05, 0.1) is 12.7 Å². The highest BCUT2D eigenvalue weighted by Crippen LogP contribution is 2.39. The van der Waals surface area contributed by atoms with Crippen LogP contribution in [-0.4, -0.2) is 60.5 Å². The summed E-state index contributed by atoms with van der Waals surface area (Å²) in [7, 11) is 1.66. The molecule has 0 bridgehead atoms. The topological polar surface area (TPSA) is 66.4 Å². The molecule has 4 rings (SSSR count). The maximum absolute atomic E-state index is 12.7. The summed E-state index contributed by atoms with van der Waals surface area (Å²) < 4.78 is 11.7. The van der Waals surface area contributed by atoms with Gasteiger partial charge in [0.25, 0.3) is 0 Å². The predicted molar refractivity (Wildman–Crippen MR) is 122 cm³/mol. The van der Waals surface area contributed by atoms with Gasteiger partial charge in [-0.2, -0.15) is 0 Å². The Morgan fingerprint density at radius 2 is 1.87 bits per heavy atom. The van der Waals surface area contributed by atoms with Crippen LogP contribution in [0.15, 0.2) is 47.5 Å². The molecule has 0 saturated carbocycles. The fourth-order valence-electron chi connectivity index (χ4n) is 3.80. The minimum Gasteiger partial charge on any atom is -0.497 e. The Bertz CT molecular complexity index is 997. The average Bonchev–Trinajstić information content (AvgIpc) is 3.06. The van der Waals surface area contributed by atoms with Crippen molar-refractivity contribution in [3.63, 3.8) is 0 Å². The van der Waals surface area contributed by atoms with E-state index in [0.717, 1.165) is 47.3 Å². The number of ether oxygens (including phenoxy) is 2. The molecule has 2 amide bonds. The number of methoxy groups -OCH3 is 1. The van der Waals surface area contributed by atoms with E-state index >= 15 is 0 Å². The number of carbonyl (C=O) groups is 1. The zero-order chi connectivity index (χ0) is 22.0. The number of benzene rings is 2. The normalized spacial score (nSPS) is 16.2. The summed E-state index contributed by atoms with van der Waals surface area (Å²) in [5.74, 6) is 3.07. The van der Waals surface area contributed by atoms with Crippen LogP contribution in [0.25, 0.3) is 0 Å². The molecule has 1 N–H and O–H groups in total. The first-order valence-electron chi connectivity index (χ1n) is 10.7. The quantitative estimate of drug-likeness (QED) is 0.740. The number of rotatable bonds is 1. The van der Waals surface area contributed by atoms with E-state index in [1.807, 2.05) is 68.1 Å². The number of amides is 2. The number of carbonyl (C=O) groups excluding carboxylic acids is 1. The highest BCUT2D eigenvalue weighted by Gasteiger charge is 2.27. The van der Waals surface area contributed by atoms with Gasteiger partial charge >= 0.3 is 6.03 Å². The Hall–Kier alpha value is -3.22. The Balaban J connectivity index is 1.65. The summed E-state index contributed by atoms with van der Waals surface area (Å²) in [5.41, 5.74) is 1.42. The van der Waals surface area contributed by atoms with E-state index in [1.54, 1.807) is 7.11 Å². The van der Waals surface area contributed by atoms with E-state index in [-0.39, 0.29) is 11.6 Å². The molecule has 164 valence electrons. The van der Waals surface area contributed by atoms with Crippen LogP contribution >= 0.6 is 0 Å². The van der Waals surface area contributed by atoms with Crippen LogP contribution in [0.4, 0.5) is 10.5 Å². The third-order valence-corrected chi connectivity index (χ3v) is 5.30. The lowest BCUT2D eigenvalue weighted by atomic mass is 10.1. The number of fused-ring (bicyclic) bond motifs is 2. The minimum absolute atomic E-state index is 0.0205. The zero-order valence-corrected chi connectivity index (χ0v) is 18.6. The molecule has 0 spiro atoms. The molecule has 2 aliphatic rings. The van der Waals surface area contributed by atoms with Crippen molar-refractivity contribution in [2.45, 2.75) is 32.7 Å². The molecule has 7 nitrogen and oxygen atoms in total.